The second-order valence-corrected chi connectivity index (χ2v) is 4.78. The van der Waals surface area contributed by atoms with E-state index >= 15 is 0 Å². The summed E-state index contributed by atoms with van der Waals surface area (Å²) in [7, 11) is 0. The van der Waals surface area contributed by atoms with Crippen LogP contribution in [0.1, 0.15) is 22.7 Å². The predicted molar refractivity (Wildman–Crippen MR) is 81.5 cm³/mol. The summed E-state index contributed by atoms with van der Waals surface area (Å²) in [6, 6.07) is 13.6. The van der Waals surface area contributed by atoms with Crippen LogP contribution in [0.2, 0.25) is 0 Å². The highest BCUT2D eigenvalue weighted by molar-refractivity contribution is 5.85. The zero-order valence-electron chi connectivity index (χ0n) is 11.3. The first-order chi connectivity index (χ1) is 9.08. The lowest BCUT2D eigenvalue weighted by molar-refractivity contribution is 0.145. The van der Waals surface area contributed by atoms with E-state index in [0.29, 0.717) is 6.42 Å². The predicted octanol–water partition coefficient (Wildman–Crippen LogP) is 3.16. The van der Waals surface area contributed by atoms with Crippen molar-refractivity contribution in [3.63, 3.8) is 0 Å². The largest absolute Gasteiger partial charge is 0.391 e. The minimum atomic E-state index is -0.688. The summed E-state index contributed by atoms with van der Waals surface area (Å²) < 4.78 is 13.1. The van der Waals surface area contributed by atoms with E-state index in [1.54, 1.807) is 13.0 Å². The normalized spacial score (nSPS) is 13.4. The molecule has 0 heterocycles. The molecular weight excluding hydrogens is 277 g/mol. The van der Waals surface area contributed by atoms with Gasteiger partial charge in [-0.2, -0.15) is 0 Å². The number of nitrogens with two attached hydrogens (primary N) is 1. The van der Waals surface area contributed by atoms with Gasteiger partial charge < -0.3 is 10.8 Å². The highest BCUT2D eigenvalue weighted by Gasteiger charge is 2.19. The van der Waals surface area contributed by atoms with Crippen molar-refractivity contribution >= 4 is 12.4 Å². The highest BCUT2D eigenvalue weighted by atomic mass is 35.5. The minimum Gasteiger partial charge on any atom is -0.391 e. The van der Waals surface area contributed by atoms with Gasteiger partial charge in [0, 0.05) is 6.42 Å². The van der Waals surface area contributed by atoms with Crippen molar-refractivity contribution in [1.82, 2.24) is 0 Å². The summed E-state index contributed by atoms with van der Waals surface area (Å²) in [5.74, 6) is -0.286. The van der Waals surface area contributed by atoms with E-state index in [4.69, 9.17) is 5.73 Å². The molecule has 0 aromatic heterocycles. The van der Waals surface area contributed by atoms with Crippen LogP contribution < -0.4 is 5.73 Å². The molecular formula is C16H19ClFNO. The summed E-state index contributed by atoms with van der Waals surface area (Å²) >= 11 is 0. The van der Waals surface area contributed by atoms with Crippen LogP contribution in [-0.4, -0.2) is 11.2 Å². The number of hydrogen-bond acceptors (Lipinski definition) is 2. The molecule has 0 bridgehead atoms. The standard InChI is InChI=1S/C16H18FNO.ClH/c1-11-9-13(17)7-8-14(11)16(18)15(19)10-12-5-3-2-4-6-12;/h2-9,15-16,19H,10,18H2,1H3;1H/t15-,16+;/m0./s1. The van der Waals surface area contributed by atoms with Crippen LogP contribution in [0.3, 0.4) is 0 Å². The Kier molecular flexibility index (Phi) is 6.14. The van der Waals surface area contributed by atoms with Crippen LogP contribution in [-0.2, 0) is 6.42 Å². The average Bonchev–Trinajstić information content (AvgIpc) is 2.39. The number of aliphatic hydroxyl groups excluding tert-OH is 1. The lowest BCUT2D eigenvalue weighted by Crippen LogP contribution is -2.28. The summed E-state index contributed by atoms with van der Waals surface area (Å²) in [4.78, 5) is 0. The Bertz CT molecular complexity index is 547. The first-order valence-corrected chi connectivity index (χ1v) is 6.31. The van der Waals surface area contributed by atoms with Crippen molar-refractivity contribution in [2.24, 2.45) is 5.73 Å². The number of aliphatic hydroxyl groups is 1. The fourth-order valence-electron chi connectivity index (χ4n) is 2.20. The topological polar surface area (TPSA) is 46.2 Å². The maximum absolute atomic E-state index is 13.1. The van der Waals surface area contributed by atoms with E-state index in [0.717, 1.165) is 16.7 Å². The van der Waals surface area contributed by atoms with E-state index < -0.39 is 12.1 Å². The minimum absolute atomic E-state index is 0. The third kappa shape index (κ3) is 4.04. The monoisotopic (exact) mass is 295 g/mol. The van der Waals surface area contributed by atoms with Gasteiger partial charge in [0.1, 0.15) is 5.82 Å². The summed E-state index contributed by atoms with van der Waals surface area (Å²) in [6.45, 7) is 1.80. The molecule has 4 heteroatoms. The van der Waals surface area contributed by atoms with Crippen molar-refractivity contribution in [3.8, 4) is 0 Å². The Labute approximate surface area is 124 Å². The zero-order chi connectivity index (χ0) is 13.8. The van der Waals surface area contributed by atoms with Crippen LogP contribution in [0.5, 0.6) is 0 Å². The second kappa shape index (κ2) is 7.39. The molecule has 0 saturated heterocycles. The number of rotatable bonds is 4. The van der Waals surface area contributed by atoms with Gasteiger partial charge in [-0.1, -0.05) is 36.4 Å². The molecule has 0 fully saturated rings. The van der Waals surface area contributed by atoms with Crippen molar-refractivity contribution in [2.75, 3.05) is 0 Å². The molecule has 2 aromatic rings. The molecule has 0 unspecified atom stereocenters. The van der Waals surface area contributed by atoms with E-state index in [1.807, 2.05) is 30.3 Å². The molecule has 20 heavy (non-hydrogen) atoms. The van der Waals surface area contributed by atoms with Gasteiger partial charge >= 0.3 is 0 Å². The van der Waals surface area contributed by atoms with Gasteiger partial charge in [-0.05, 0) is 35.7 Å². The van der Waals surface area contributed by atoms with Crippen LogP contribution in [0.15, 0.2) is 48.5 Å². The Hall–Kier alpha value is -1.42. The van der Waals surface area contributed by atoms with E-state index in [9.17, 15) is 9.50 Å². The Balaban J connectivity index is 0.00000200. The molecule has 0 aliphatic carbocycles. The number of aryl methyl sites for hydroxylation is 1. The van der Waals surface area contributed by atoms with Gasteiger partial charge in [-0.3, -0.25) is 0 Å². The Morgan fingerprint density at radius 3 is 2.40 bits per heavy atom. The molecule has 2 aromatic carbocycles. The number of benzene rings is 2. The van der Waals surface area contributed by atoms with Crippen molar-refractivity contribution < 1.29 is 9.50 Å². The molecule has 0 radical (unpaired) electrons. The van der Waals surface area contributed by atoms with Gasteiger partial charge in [-0.25, -0.2) is 4.39 Å². The molecule has 3 N–H and O–H groups in total. The van der Waals surface area contributed by atoms with Gasteiger partial charge in [-0.15, -0.1) is 12.4 Å². The van der Waals surface area contributed by atoms with Gasteiger partial charge in [0.05, 0.1) is 12.1 Å². The lowest BCUT2D eigenvalue weighted by Gasteiger charge is -2.21. The van der Waals surface area contributed by atoms with E-state index in [-0.39, 0.29) is 18.2 Å². The third-order valence-electron chi connectivity index (χ3n) is 3.29. The van der Waals surface area contributed by atoms with Gasteiger partial charge in [0.25, 0.3) is 0 Å². The second-order valence-electron chi connectivity index (χ2n) is 4.78. The summed E-state index contributed by atoms with van der Waals surface area (Å²) in [5, 5.41) is 10.2. The average molecular weight is 296 g/mol. The van der Waals surface area contributed by atoms with Gasteiger partial charge in [0.15, 0.2) is 0 Å². The van der Waals surface area contributed by atoms with Crippen LogP contribution >= 0.6 is 12.4 Å². The van der Waals surface area contributed by atoms with E-state index in [2.05, 4.69) is 0 Å². The Morgan fingerprint density at radius 1 is 1.15 bits per heavy atom. The smallest absolute Gasteiger partial charge is 0.123 e. The van der Waals surface area contributed by atoms with E-state index in [1.165, 1.54) is 12.1 Å². The van der Waals surface area contributed by atoms with Crippen molar-refractivity contribution in [2.45, 2.75) is 25.5 Å². The van der Waals surface area contributed by atoms with Crippen molar-refractivity contribution in [3.05, 3.63) is 71.0 Å². The first-order valence-electron chi connectivity index (χ1n) is 6.31. The number of halogens is 2. The quantitative estimate of drug-likeness (QED) is 0.910. The fourth-order valence-corrected chi connectivity index (χ4v) is 2.20. The van der Waals surface area contributed by atoms with Crippen molar-refractivity contribution in [1.29, 1.82) is 0 Å². The molecule has 0 aliphatic heterocycles. The summed E-state index contributed by atoms with van der Waals surface area (Å²) in [5.41, 5.74) is 8.64. The Morgan fingerprint density at radius 2 is 1.80 bits per heavy atom. The molecule has 0 spiro atoms. The molecule has 0 amide bonds. The third-order valence-corrected chi connectivity index (χ3v) is 3.29. The first kappa shape index (κ1) is 16.6. The molecule has 0 saturated carbocycles. The molecule has 2 atom stereocenters. The lowest BCUT2D eigenvalue weighted by atomic mass is 9.94. The fraction of sp³-hybridized carbons (Fsp3) is 0.250. The molecule has 0 aliphatic rings. The highest BCUT2D eigenvalue weighted by Crippen LogP contribution is 2.21. The molecule has 2 rings (SSSR count). The van der Waals surface area contributed by atoms with Crippen LogP contribution in [0, 0.1) is 12.7 Å². The maximum Gasteiger partial charge on any atom is 0.123 e. The molecule has 2 nitrogen and oxygen atoms in total. The van der Waals surface area contributed by atoms with Crippen LogP contribution in [0.25, 0.3) is 0 Å². The van der Waals surface area contributed by atoms with Gasteiger partial charge in [0.2, 0.25) is 0 Å². The zero-order valence-corrected chi connectivity index (χ0v) is 12.1. The maximum atomic E-state index is 13.1. The van der Waals surface area contributed by atoms with Crippen LogP contribution in [0.4, 0.5) is 4.39 Å². The molecule has 108 valence electrons. The number of hydrogen-bond donors (Lipinski definition) is 2. The SMILES string of the molecule is Cc1cc(F)ccc1[C@@H](N)[C@@H](O)Cc1ccccc1.Cl. The summed E-state index contributed by atoms with van der Waals surface area (Å²) in [6.07, 6.45) is -0.203.